The molecular weight excluding hydrogens is 468 g/mol. The lowest BCUT2D eigenvalue weighted by Gasteiger charge is -2.22. The van der Waals surface area contributed by atoms with Crippen molar-refractivity contribution in [3.05, 3.63) is 53.6 Å². The summed E-state index contributed by atoms with van der Waals surface area (Å²) < 4.78 is 32.3. The summed E-state index contributed by atoms with van der Waals surface area (Å²) in [6, 6.07) is 11.3. The van der Waals surface area contributed by atoms with Gasteiger partial charge in [-0.25, -0.2) is 13.2 Å². The van der Waals surface area contributed by atoms with E-state index < -0.39 is 28.5 Å². The largest absolute Gasteiger partial charge is 0.452 e. The van der Waals surface area contributed by atoms with Crippen LogP contribution in [0.2, 0.25) is 0 Å². The molecule has 0 saturated carbocycles. The van der Waals surface area contributed by atoms with Crippen LogP contribution in [0.5, 0.6) is 0 Å². The number of anilines is 2. The van der Waals surface area contributed by atoms with Gasteiger partial charge < -0.3 is 20.3 Å². The van der Waals surface area contributed by atoms with Crippen molar-refractivity contribution >= 4 is 56.1 Å². The van der Waals surface area contributed by atoms with E-state index in [0.717, 1.165) is 17.4 Å². The molecule has 2 aliphatic rings. The third-order valence-electron chi connectivity index (χ3n) is 4.79. The average Bonchev–Trinajstić information content (AvgIpc) is 3.13. The molecular formula is C21H20N4O6S2. The number of ether oxygens (including phenoxy) is 1. The third-order valence-corrected chi connectivity index (χ3v) is 7.09. The number of carbonyl (C=O) groups is 3. The van der Waals surface area contributed by atoms with Crippen LogP contribution in [0, 0.1) is 0 Å². The predicted octanol–water partition coefficient (Wildman–Crippen LogP) is 1.84. The van der Waals surface area contributed by atoms with Gasteiger partial charge in [0.05, 0.1) is 17.0 Å². The van der Waals surface area contributed by atoms with Gasteiger partial charge in [-0.3, -0.25) is 9.59 Å². The summed E-state index contributed by atoms with van der Waals surface area (Å²) in [6.45, 7) is 2.08. The normalized spacial score (nSPS) is 15.7. The zero-order valence-corrected chi connectivity index (χ0v) is 19.2. The fourth-order valence-electron chi connectivity index (χ4n) is 3.27. The molecule has 2 heterocycles. The standard InChI is InChI=1S/C21H20N4O6S2/c1-2-22-19(27)13-4-3-5-15(10-13)23-18(26)12-31-20(28)14-6-7-16-17(11-14)32-21-24-33(29,30)9-8-25(16)21/h3-7,10-11H,2,8-9,12H2,1H3,(H,22,27)(H,23,26). The molecule has 0 saturated heterocycles. The van der Waals surface area contributed by atoms with Gasteiger partial charge in [-0.1, -0.05) is 6.07 Å². The van der Waals surface area contributed by atoms with Crippen LogP contribution in [-0.2, 0) is 19.6 Å². The first-order chi connectivity index (χ1) is 15.8. The summed E-state index contributed by atoms with van der Waals surface area (Å²) in [5, 5.41) is 5.62. The fraction of sp³-hybridized carbons (Fsp3) is 0.238. The van der Waals surface area contributed by atoms with E-state index in [0.29, 0.717) is 34.4 Å². The van der Waals surface area contributed by atoms with Crippen molar-refractivity contribution in [1.29, 1.82) is 0 Å². The molecule has 33 heavy (non-hydrogen) atoms. The predicted molar refractivity (Wildman–Crippen MR) is 124 cm³/mol. The lowest BCUT2D eigenvalue weighted by molar-refractivity contribution is -0.119. The van der Waals surface area contributed by atoms with E-state index in [4.69, 9.17) is 4.74 Å². The molecule has 0 aliphatic carbocycles. The second kappa shape index (κ2) is 9.24. The SMILES string of the molecule is CCNC(=O)c1cccc(NC(=O)COC(=O)c2ccc3c(c2)SC2=NS(=O)(=O)CCN23)c1. The van der Waals surface area contributed by atoms with Gasteiger partial charge in [-0.15, -0.1) is 4.40 Å². The van der Waals surface area contributed by atoms with Gasteiger partial charge >= 0.3 is 5.97 Å². The lowest BCUT2D eigenvalue weighted by atomic mass is 10.2. The highest BCUT2D eigenvalue weighted by Gasteiger charge is 2.33. The molecule has 4 rings (SSSR count). The highest BCUT2D eigenvalue weighted by atomic mass is 32.2. The Morgan fingerprint density at radius 3 is 2.76 bits per heavy atom. The van der Waals surface area contributed by atoms with Crippen LogP contribution < -0.4 is 15.5 Å². The van der Waals surface area contributed by atoms with E-state index in [9.17, 15) is 22.8 Å². The molecule has 0 atom stereocenters. The van der Waals surface area contributed by atoms with Crippen LogP contribution in [0.25, 0.3) is 0 Å². The van der Waals surface area contributed by atoms with Crippen LogP contribution in [0.3, 0.4) is 0 Å². The fourth-order valence-corrected chi connectivity index (χ4v) is 5.57. The first kappa shape index (κ1) is 22.8. The molecule has 2 aromatic rings. The van der Waals surface area contributed by atoms with Gasteiger partial charge in [0.2, 0.25) is 0 Å². The molecule has 2 N–H and O–H groups in total. The number of esters is 1. The summed E-state index contributed by atoms with van der Waals surface area (Å²) in [7, 11) is -3.47. The number of amidine groups is 1. The first-order valence-electron chi connectivity index (χ1n) is 10.0. The van der Waals surface area contributed by atoms with Crippen molar-refractivity contribution in [1.82, 2.24) is 5.32 Å². The maximum absolute atomic E-state index is 12.4. The minimum absolute atomic E-state index is 0.0679. The maximum Gasteiger partial charge on any atom is 0.338 e. The van der Waals surface area contributed by atoms with Crippen molar-refractivity contribution in [3.63, 3.8) is 0 Å². The monoisotopic (exact) mass is 488 g/mol. The van der Waals surface area contributed by atoms with Crippen LogP contribution in [0.4, 0.5) is 11.4 Å². The summed E-state index contributed by atoms with van der Waals surface area (Å²) in [5.74, 6) is -1.57. The van der Waals surface area contributed by atoms with Crippen molar-refractivity contribution < 1.29 is 27.5 Å². The van der Waals surface area contributed by atoms with E-state index in [2.05, 4.69) is 15.0 Å². The molecule has 2 aliphatic heterocycles. The van der Waals surface area contributed by atoms with E-state index in [1.807, 2.05) is 0 Å². The van der Waals surface area contributed by atoms with Crippen molar-refractivity contribution in [2.45, 2.75) is 11.8 Å². The second-order valence-electron chi connectivity index (χ2n) is 7.16. The van der Waals surface area contributed by atoms with Crippen molar-refractivity contribution in [2.75, 3.05) is 35.7 Å². The summed E-state index contributed by atoms with van der Waals surface area (Å²) in [6.07, 6.45) is 0. The van der Waals surface area contributed by atoms with Crippen LogP contribution in [0.1, 0.15) is 27.6 Å². The number of nitrogens with zero attached hydrogens (tertiary/aromatic N) is 2. The minimum Gasteiger partial charge on any atom is -0.452 e. The highest BCUT2D eigenvalue weighted by molar-refractivity contribution is 8.15. The Bertz CT molecular complexity index is 1280. The van der Waals surface area contributed by atoms with E-state index in [1.165, 1.54) is 6.07 Å². The lowest BCUT2D eigenvalue weighted by Crippen LogP contribution is -2.35. The number of amides is 2. The van der Waals surface area contributed by atoms with Crippen LogP contribution >= 0.6 is 11.8 Å². The molecule has 2 amide bonds. The van der Waals surface area contributed by atoms with Crippen molar-refractivity contribution in [2.24, 2.45) is 4.40 Å². The van der Waals surface area contributed by atoms with E-state index in [-0.39, 0.29) is 17.2 Å². The van der Waals surface area contributed by atoms with E-state index >= 15 is 0 Å². The first-order valence-corrected chi connectivity index (χ1v) is 12.5. The molecule has 0 aromatic heterocycles. The quantitative estimate of drug-likeness (QED) is 0.589. The highest BCUT2D eigenvalue weighted by Crippen LogP contribution is 2.42. The minimum atomic E-state index is -3.47. The number of thioether (sulfide) groups is 1. The number of nitrogens with one attached hydrogen (secondary N) is 2. The number of rotatable bonds is 6. The van der Waals surface area contributed by atoms with Gasteiger partial charge in [0.25, 0.3) is 21.8 Å². The van der Waals surface area contributed by atoms with E-state index in [1.54, 1.807) is 48.2 Å². The smallest absolute Gasteiger partial charge is 0.338 e. The molecule has 172 valence electrons. The summed E-state index contributed by atoms with van der Waals surface area (Å²) in [4.78, 5) is 39.0. The van der Waals surface area contributed by atoms with Crippen LogP contribution in [-0.4, -0.2) is 56.8 Å². The topological polar surface area (TPSA) is 134 Å². The van der Waals surface area contributed by atoms with Crippen molar-refractivity contribution in [3.8, 4) is 0 Å². The van der Waals surface area contributed by atoms with Gasteiger partial charge in [0.1, 0.15) is 0 Å². The molecule has 10 nitrogen and oxygen atoms in total. The Morgan fingerprint density at radius 2 is 1.97 bits per heavy atom. The maximum atomic E-state index is 12.4. The number of carbonyl (C=O) groups excluding carboxylic acids is 3. The van der Waals surface area contributed by atoms with Gasteiger partial charge in [0.15, 0.2) is 11.8 Å². The molecule has 0 bridgehead atoms. The Hall–Kier alpha value is -3.38. The molecule has 12 heteroatoms. The molecule has 0 unspecified atom stereocenters. The molecule has 0 spiro atoms. The Kier molecular flexibility index (Phi) is 6.38. The van der Waals surface area contributed by atoms with Gasteiger partial charge in [0, 0.05) is 29.2 Å². The molecule has 0 fully saturated rings. The molecule has 2 aromatic carbocycles. The Balaban J connectivity index is 1.36. The zero-order valence-electron chi connectivity index (χ0n) is 17.5. The summed E-state index contributed by atoms with van der Waals surface area (Å²) >= 11 is 1.16. The van der Waals surface area contributed by atoms with Gasteiger partial charge in [-0.2, -0.15) is 0 Å². The Labute approximate surface area is 194 Å². The third kappa shape index (κ3) is 5.17. The van der Waals surface area contributed by atoms with Gasteiger partial charge in [-0.05, 0) is 55.1 Å². The molecule has 0 radical (unpaired) electrons. The number of sulfonamides is 1. The number of hydrogen-bond acceptors (Lipinski definition) is 8. The Morgan fingerprint density at radius 1 is 1.15 bits per heavy atom. The van der Waals surface area contributed by atoms with Crippen LogP contribution in [0.15, 0.2) is 51.8 Å². The summed E-state index contributed by atoms with van der Waals surface area (Å²) in [5.41, 5.74) is 1.81. The second-order valence-corrected chi connectivity index (χ2v) is 9.92. The number of benzene rings is 2. The number of hydrogen-bond donors (Lipinski definition) is 2. The number of fused-ring (bicyclic) bond motifs is 3. The zero-order chi connectivity index (χ0) is 23.6. The average molecular weight is 489 g/mol.